The van der Waals surface area contributed by atoms with Gasteiger partial charge < -0.3 is 10.6 Å². The van der Waals surface area contributed by atoms with Crippen LogP contribution in [0.3, 0.4) is 0 Å². The molecule has 0 spiro atoms. The summed E-state index contributed by atoms with van der Waals surface area (Å²) < 4.78 is 0. The van der Waals surface area contributed by atoms with E-state index in [4.69, 9.17) is 11.6 Å². The van der Waals surface area contributed by atoms with Crippen molar-refractivity contribution in [3.8, 4) is 0 Å². The molecule has 25 heavy (non-hydrogen) atoms. The number of hydrogen-bond acceptors (Lipinski definition) is 4. The SMILES string of the molecule is CC(=O)Nc1ccc(/C=C2/SC(=Nc3cccc(Cl)c3)NC2=O)cc1. The Kier molecular flexibility index (Phi) is 5.21. The summed E-state index contributed by atoms with van der Waals surface area (Å²) in [5.41, 5.74) is 2.24. The molecule has 0 aromatic heterocycles. The van der Waals surface area contributed by atoms with Gasteiger partial charge in [0.1, 0.15) is 0 Å². The molecule has 5 nitrogen and oxygen atoms in total. The number of anilines is 1. The highest BCUT2D eigenvalue weighted by Crippen LogP contribution is 2.29. The molecule has 3 rings (SSSR count). The van der Waals surface area contributed by atoms with Crippen LogP contribution < -0.4 is 10.6 Å². The second-order valence-electron chi connectivity index (χ2n) is 5.26. The van der Waals surface area contributed by atoms with Crippen molar-refractivity contribution in [1.82, 2.24) is 5.32 Å². The predicted octanol–water partition coefficient (Wildman–Crippen LogP) is 4.19. The number of thioether (sulfide) groups is 1. The van der Waals surface area contributed by atoms with E-state index in [1.807, 2.05) is 18.2 Å². The van der Waals surface area contributed by atoms with Crippen molar-refractivity contribution < 1.29 is 9.59 Å². The summed E-state index contributed by atoms with van der Waals surface area (Å²) in [6.07, 6.45) is 1.78. The molecule has 2 N–H and O–H groups in total. The molecular formula is C18H14ClN3O2S. The van der Waals surface area contributed by atoms with E-state index in [2.05, 4.69) is 15.6 Å². The zero-order valence-corrected chi connectivity index (χ0v) is 14.8. The van der Waals surface area contributed by atoms with E-state index in [1.54, 1.807) is 36.4 Å². The number of amidine groups is 1. The Bertz CT molecular complexity index is 891. The highest BCUT2D eigenvalue weighted by Gasteiger charge is 2.23. The van der Waals surface area contributed by atoms with Gasteiger partial charge in [-0.05, 0) is 53.7 Å². The zero-order chi connectivity index (χ0) is 17.8. The van der Waals surface area contributed by atoms with Gasteiger partial charge in [-0.25, -0.2) is 4.99 Å². The highest BCUT2D eigenvalue weighted by atomic mass is 35.5. The maximum Gasteiger partial charge on any atom is 0.264 e. The molecule has 7 heteroatoms. The lowest BCUT2D eigenvalue weighted by Crippen LogP contribution is -2.19. The van der Waals surface area contributed by atoms with Crippen LogP contribution in [0.2, 0.25) is 5.02 Å². The van der Waals surface area contributed by atoms with Crippen LogP contribution in [0.5, 0.6) is 0 Å². The lowest BCUT2D eigenvalue weighted by atomic mass is 10.2. The monoisotopic (exact) mass is 371 g/mol. The van der Waals surface area contributed by atoms with Crippen LogP contribution in [0.4, 0.5) is 11.4 Å². The normalized spacial score (nSPS) is 17.0. The Morgan fingerprint density at radius 2 is 2.00 bits per heavy atom. The third-order valence-electron chi connectivity index (χ3n) is 3.22. The molecule has 0 unspecified atom stereocenters. The average molecular weight is 372 g/mol. The number of aliphatic imine (C=N–C) groups is 1. The van der Waals surface area contributed by atoms with Gasteiger partial charge in [0.25, 0.3) is 5.91 Å². The van der Waals surface area contributed by atoms with Crippen molar-refractivity contribution in [2.45, 2.75) is 6.92 Å². The molecular weight excluding hydrogens is 358 g/mol. The Labute approximate surface area is 154 Å². The zero-order valence-electron chi connectivity index (χ0n) is 13.2. The van der Waals surface area contributed by atoms with Crippen LogP contribution in [0, 0.1) is 0 Å². The van der Waals surface area contributed by atoms with E-state index in [0.29, 0.717) is 26.5 Å². The summed E-state index contributed by atoms with van der Waals surface area (Å²) in [4.78, 5) is 28.1. The van der Waals surface area contributed by atoms with Gasteiger partial charge in [0.15, 0.2) is 5.17 Å². The second kappa shape index (κ2) is 7.55. The first kappa shape index (κ1) is 17.3. The highest BCUT2D eigenvalue weighted by molar-refractivity contribution is 8.18. The van der Waals surface area contributed by atoms with Crippen LogP contribution in [0.15, 0.2) is 58.4 Å². The van der Waals surface area contributed by atoms with Crippen molar-refractivity contribution in [2.24, 2.45) is 4.99 Å². The van der Waals surface area contributed by atoms with E-state index in [1.165, 1.54) is 18.7 Å². The minimum Gasteiger partial charge on any atom is -0.326 e. The topological polar surface area (TPSA) is 70.6 Å². The lowest BCUT2D eigenvalue weighted by molar-refractivity contribution is -0.115. The first-order chi connectivity index (χ1) is 12.0. The van der Waals surface area contributed by atoms with Gasteiger partial charge in [0, 0.05) is 17.6 Å². The average Bonchev–Trinajstić information content (AvgIpc) is 2.88. The van der Waals surface area contributed by atoms with Gasteiger partial charge in [-0.3, -0.25) is 9.59 Å². The van der Waals surface area contributed by atoms with Gasteiger partial charge in [-0.1, -0.05) is 29.8 Å². The number of hydrogen-bond donors (Lipinski definition) is 2. The molecule has 1 aliphatic rings. The fraction of sp³-hybridized carbons (Fsp3) is 0.0556. The minimum atomic E-state index is -0.197. The Balaban J connectivity index is 1.76. The Hall–Kier alpha value is -2.57. The molecule has 0 radical (unpaired) electrons. The first-order valence-corrected chi connectivity index (χ1v) is 8.62. The van der Waals surface area contributed by atoms with E-state index in [-0.39, 0.29) is 11.8 Å². The third-order valence-corrected chi connectivity index (χ3v) is 4.36. The molecule has 0 aliphatic carbocycles. The maximum atomic E-state index is 12.1. The summed E-state index contributed by atoms with van der Waals surface area (Å²) in [5, 5.41) is 6.53. The standard InChI is InChI=1S/C18H14ClN3O2S/c1-11(23)20-14-7-5-12(6-8-14)9-16-17(24)22-18(25-16)21-15-4-2-3-13(19)10-15/h2-10H,1H3,(H,20,23)(H,21,22,24)/b16-9+. The van der Waals surface area contributed by atoms with Crippen LogP contribution in [-0.4, -0.2) is 17.0 Å². The summed E-state index contributed by atoms with van der Waals surface area (Å²) in [6.45, 7) is 1.45. The van der Waals surface area contributed by atoms with E-state index >= 15 is 0 Å². The van der Waals surface area contributed by atoms with Crippen molar-refractivity contribution in [1.29, 1.82) is 0 Å². The van der Waals surface area contributed by atoms with Gasteiger partial charge >= 0.3 is 0 Å². The molecule has 2 aromatic rings. The summed E-state index contributed by atoms with van der Waals surface area (Å²) in [5.74, 6) is -0.324. The number of carbonyl (C=O) groups excluding carboxylic acids is 2. The molecule has 1 fully saturated rings. The molecule has 0 bridgehead atoms. The number of halogens is 1. The summed E-state index contributed by atoms with van der Waals surface area (Å²) in [6, 6.07) is 14.3. The van der Waals surface area contributed by atoms with Gasteiger partial charge in [-0.15, -0.1) is 0 Å². The Morgan fingerprint density at radius 3 is 2.68 bits per heavy atom. The minimum absolute atomic E-state index is 0.126. The molecule has 0 atom stereocenters. The molecule has 1 saturated heterocycles. The molecule has 1 heterocycles. The van der Waals surface area contributed by atoms with Crippen LogP contribution in [0.1, 0.15) is 12.5 Å². The largest absolute Gasteiger partial charge is 0.326 e. The van der Waals surface area contributed by atoms with Gasteiger partial charge in [0.05, 0.1) is 10.6 Å². The van der Waals surface area contributed by atoms with Crippen LogP contribution in [-0.2, 0) is 9.59 Å². The third kappa shape index (κ3) is 4.71. The Morgan fingerprint density at radius 1 is 1.24 bits per heavy atom. The van der Waals surface area contributed by atoms with E-state index < -0.39 is 0 Å². The molecule has 126 valence electrons. The fourth-order valence-corrected chi connectivity index (χ4v) is 3.19. The second-order valence-corrected chi connectivity index (χ2v) is 6.73. The van der Waals surface area contributed by atoms with Crippen LogP contribution >= 0.6 is 23.4 Å². The quantitative estimate of drug-likeness (QED) is 0.795. The van der Waals surface area contributed by atoms with Crippen LogP contribution in [0.25, 0.3) is 6.08 Å². The van der Waals surface area contributed by atoms with E-state index in [0.717, 1.165) is 5.56 Å². The summed E-state index contributed by atoms with van der Waals surface area (Å²) in [7, 11) is 0. The molecule has 0 saturated carbocycles. The number of carbonyl (C=O) groups is 2. The first-order valence-electron chi connectivity index (χ1n) is 7.42. The van der Waals surface area contributed by atoms with Crippen molar-refractivity contribution in [3.05, 3.63) is 64.0 Å². The number of nitrogens with one attached hydrogen (secondary N) is 2. The smallest absolute Gasteiger partial charge is 0.264 e. The molecule has 1 aliphatic heterocycles. The predicted molar refractivity (Wildman–Crippen MR) is 103 cm³/mol. The van der Waals surface area contributed by atoms with Crippen molar-refractivity contribution in [2.75, 3.05) is 5.32 Å². The van der Waals surface area contributed by atoms with Gasteiger partial charge in [0.2, 0.25) is 5.91 Å². The maximum absolute atomic E-state index is 12.1. The number of nitrogens with zero attached hydrogens (tertiary/aromatic N) is 1. The lowest BCUT2D eigenvalue weighted by Gasteiger charge is -2.02. The van der Waals surface area contributed by atoms with Crippen molar-refractivity contribution in [3.63, 3.8) is 0 Å². The van der Waals surface area contributed by atoms with Crippen molar-refractivity contribution >= 4 is 57.8 Å². The van der Waals surface area contributed by atoms with E-state index in [9.17, 15) is 9.59 Å². The number of amides is 2. The number of rotatable bonds is 3. The summed E-state index contributed by atoms with van der Waals surface area (Å²) >= 11 is 7.20. The van der Waals surface area contributed by atoms with Gasteiger partial charge in [-0.2, -0.15) is 0 Å². The molecule has 2 amide bonds. The fourth-order valence-electron chi connectivity index (χ4n) is 2.16. The molecule has 2 aromatic carbocycles. The number of benzene rings is 2.